The average Bonchev–Trinajstić information content (AvgIpc) is 2.92. The maximum Gasteiger partial charge on any atom is 0.265 e. The van der Waals surface area contributed by atoms with Gasteiger partial charge >= 0.3 is 0 Å². The summed E-state index contributed by atoms with van der Waals surface area (Å²) in [5, 5.41) is 12.5. The fraction of sp³-hybridized carbons (Fsp3) is 0.353. The first-order chi connectivity index (χ1) is 10.2. The molecular weight excluding hydrogens is 282 g/mol. The number of anilines is 1. The third-order valence-electron chi connectivity index (χ3n) is 4.14. The van der Waals surface area contributed by atoms with Crippen LogP contribution in [0.1, 0.15) is 39.9 Å². The van der Waals surface area contributed by atoms with Gasteiger partial charge in [-0.2, -0.15) is 0 Å². The van der Waals surface area contributed by atoms with Gasteiger partial charge in [-0.05, 0) is 48.9 Å². The molecule has 1 aromatic heterocycles. The molecule has 4 heteroatoms. The van der Waals surface area contributed by atoms with E-state index in [4.69, 9.17) is 0 Å². The highest BCUT2D eigenvalue weighted by molar-refractivity contribution is 7.14. The highest BCUT2D eigenvalue weighted by Crippen LogP contribution is 2.34. The average molecular weight is 301 g/mol. The monoisotopic (exact) mass is 301 g/mol. The zero-order valence-corrected chi connectivity index (χ0v) is 12.9. The molecule has 2 N–H and O–H groups in total. The third kappa shape index (κ3) is 2.95. The van der Waals surface area contributed by atoms with E-state index in [-0.39, 0.29) is 11.7 Å². The maximum absolute atomic E-state index is 12.3. The lowest BCUT2D eigenvalue weighted by Gasteiger charge is -2.19. The van der Waals surface area contributed by atoms with Gasteiger partial charge < -0.3 is 10.4 Å². The Bertz CT molecular complexity index is 663. The first kappa shape index (κ1) is 14.1. The minimum Gasteiger partial charge on any atom is -0.506 e. The van der Waals surface area contributed by atoms with Crippen molar-refractivity contribution in [1.29, 1.82) is 0 Å². The molecule has 1 aliphatic rings. The zero-order chi connectivity index (χ0) is 14.8. The van der Waals surface area contributed by atoms with Crippen molar-refractivity contribution < 1.29 is 9.90 Å². The summed E-state index contributed by atoms with van der Waals surface area (Å²) in [6, 6.07) is 8.83. The minimum absolute atomic E-state index is 0.0956. The number of para-hydroxylation sites is 2. The van der Waals surface area contributed by atoms with Crippen molar-refractivity contribution in [3.8, 4) is 5.75 Å². The number of aromatic hydroxyl groups is 1. The Morgan fingerprint density at radius 3 is 3.00 bits per heavy atom. The van der Waals surface area contributed by atoms with Gasteiger partial charge in [-0.15, -0.1) is 11.3 Å². The summed E-state index contributed by atoms with van der Waals surface area (Å²) in [6.45, 7) is 2.23. The van der Waals surface area contributed by atoms with Crippen molar-refractivity contribution in [1.82, 2.24) is 0 Å². The molecule has 0 bridgehead atoms. The number of rotatable bonds is 3. The van der Waals surface area contributed by atoms with E-state index in [2.05, 4.69) is 12.2 Å². The van der Waals surface area contributed by atoms with Crippen LogP contribution >= 0.6 is 11.3 Å². The van der Waals surface area contributed by atoms with Crippen molar-refractivity contribution in [2.75, 3.05) is 5.32 Å². The predicted molar refractivity (Wildman–Crippen MR) is 86.2 cm³/mol. The van der Waals surface area contributed by atoms with Gasteiger partial charge in [-0.1, -0.05) is 25.5 Å². The second kappa shape index (κ2) is 5.90. The second-order valence-electron chi connectivity index (χ2n) is 5.55. The van der Waals surface area contributed by atoms with Crippen LogP contribution in [0.5, 0.6) is 5.75 Å². The lowest BCUT2D eigenvalue weighted by atomic mass is 9.87. The minimum atomic E-state index is -0.135. The summed E-state index contributed by atoms with van der Waals surface area (Å²) in [5.74, 6) is 0.711. The van der Waals surface area contributed by atoms with Crippen LogP contribution in [0.3, 0.4) is 0 Å². The first-order valence-corrected chi connectivity index (χ1v) is 8.20. The fourth-order valence-electron chi connectivity index (χ4n) is 2.82. The Morgan fingerprint density at radius 1 is 1.43 bits per heavy atom. The number of phenolic OH excluding ortho intramolecular Hbond substituents is 1. The number of amides is 1. The third-order valence-corrected chi connectivity index (χ3v) is 5.37. The van der Waals surface area contributed by atoms with Gasteiger partial charge in [0.2, 0.25) is 0 Å². The number of hydrogen-bond donors (Lipinski definition) is 2. The van der Waals surface area contributed by atoms with Crippen LogP contribution in [0.25, 0.3) is 0 Å². The second-order valence-corrected chi connectivity index (χ2v) is 6.68. The lowest BCUT2D eigenvalue weighted by molar-refractivity contribution is 0.103. The molecule has 1 amide bonds. The molecule has 0 saturated heterocycles. The molecule has 0 saturated carbocycles. The largest absolute Gasteiger partial charge is 0.506 e. The predicted octanol–water partition coefficient (Wildman–Crippen LogP) is 4.22. The fourth-order valence-corrected chi connectivity index (χ4v) is 3.93. The number of carbonyl (C=O) groups is 1. The number of nitrogens with one attached hydrogen (secondary N) is 1. The molecule has 2 aromatic rings. The van der Waals surface area contributed by atoms with E-state index >= 15 is 0 Å². The number of phenols is 1. The Hall–Kier alpha value is -1.81. The smallest absolute Gasteiger partial charge is 0.265 e. The number of thiophene rings is 1. The molecule has 0 radical (unpaired) electrons. The summed E-state index contributed by atoms with van der Waals surface area (Å²) < 4.78 is 0. The quantitative estimate of drug-likeness (QED) is 0.834. The van der Waals surface area contributed by atoms with E-state index in [1.54, 1.807) is 35.6 Å². The van der Waals surface area contributed by atoms with Crippen molar-refractivity contribution in [2.45, 2.75) is 32.6 Å². The highest BCUT2D eigenvalue weighted by atomic mass is 32.1. The van der Waals surface area contributed by atoms with Crippen molar-refractivity contribution in [3.63, 3.8) is 0 Å². The van der Waals surface area contributed by atoms with Gasteiger partial charge in [0.05, 0.1) is 10.6 Å². The standard InChI is InChI=1S/C17H19NO2S/c1-2-11-7-8-15-12(9-11)10-16(21-15)17(20)18-13-5-3-4-6-14(13)19/h3-6,10-11,19H,2,7-9H2,1H3,(H,18,20)/t11-/m1/s1. The van der Waals surface area contributed by atoms with E-state index < -0.39 is 0 Å². The number of benzene rings is 1. The molecule has 1 aliphatic carbocycles. The van der Waals surface area contributed by atoms with Crippen LogP contribution < -0.4 is 5.32 Å². The number of hydrogen-bond acceptors (Lipinski definition) is 3. The van der Waals surface area contributed by atoms with E-state index in [0.717, 1.165) is 23.6 Å². The van der Waals surface area contributed by atoms with E-state index in [1.165, 1.54) is 23.3 Å². The summed E-state index contributed by atoms with van der Waals surface area (Å²) in [5.41, 5.74) is 1.79. The summed E-state index contributed by atoms with van der Waals surface area (Å²) in [4.78, 5) is 14.4. The normalized spacial score (nSPS) is 17.3. The SMILES string of the molecule is CC[C@@H]1CCc2sc(C(=O)Nc3ccccc3O)cc2C1. The van der Waals surface area contributed by atoms with Gasteiger partial charge in [0, 0.05) is 4.88 Å². The number of aryl methyl sites for hydroxylation is 1. The summed E-state index contributed by atoms with van der Waals surface area (Å²) >= 11 is 1.59. The number of carbonyl (C=O) groups excluding carboxylic acids is 1. The van der Waals surface area contributed by atoms with Crippen LogP contribution in [-0.2, 0) is 12.8 Å². The molecule has 1 atom stereocenters. The molecule has 21 heavy (non-hydrogen) atoms. The topological polar surface area (TPSA) is 49.3 Å². The van der Waals surface area contributed by atoms with Gasteiger partial charge in [0.1, 0.15) is 5.75 Å². The van der Waals surface area contributed by atoms with Gasteiger partial charge in [0.25, 0.3) is 5.91 Å². The number of fused-ring (bicyclic) bond motifs is 1. The van der Waals surface area contributed by atoms with Gasteiger partial charge in [0.15, 0.2) is 0 Å². The molecular formula is C17H19NO2S. The molecule has 3 rings (SSSR count). The first-order valence-electron chi connectivity index (χ1n) is 7.38. The Morgan fingerprint density at radius 2 is 2.24 bits per heavy atom. The molecule has 1 aromatic carbocycles. The van der Waals surface area contributed by atoms with Crippen LogP contribution in [0.4, 0.5) is 5.69 Å². The van der Waals surface area contributed by atoms with Crippen molar-refractivity contribution in [2.24, 2.45) is 5.92 Å². The van der Waals surface area contributed by atoms with E-state index in [0.29, 0.717) is 5.69 Å². The molecule has 0 spiro atoms. The molecule has 3 nitrogen and oxygen atoms in total. The van der Waals surface area contributed by atoms with Crippen LogP contribution in [0.15, 0.2) is 30.3 Å². The van der Waals surface area contributed by atoms with Crippen LogP contribution in [0, 0.1) is 5.92 Å². The Labute approximate surface area is 128 Å². The van der Waals surface area contributed by atoms with Crippen molar-refractivity contribution >= 4 is 22.9 Å². The highest BCUT2D eigenvalue weighted by Gasteiger charge is 2.22. The van der Waals surface area contributed by atoms with Crippen LogP contribution in [-0.4, -0.2) is 11.0 Å². The van der Waals surface area contributed by atoms with Gasteiger partial charge in [-0.25, -0.2) is 0 Å². The lowest BCUT2D eigenvalue weighted by Crippen LogP contribution is -2.11. The summed E-state index contributed by atoms with van der Waals surface area (Å²) in [6.07, 6.45) is 4.60. The van der Waals surface area contributed by atoms with Gasteiger partial charge in [-0.3, -0.25) is 4.79 Å². The van der Waals surface area contributed by atoms with E-state index in [9.17, 15) is 9.90 Å². The van der Waals surface area contributed by atoms with Crippen molar-refractivity contribution in [3.05, 3.63) is 45.6 Å². The summed E-state index contributed by atoms with van der Waals surface area (Å²) in [7, 11) is 0. The molecule has 1 heterocycles. The zero-order valence-electron chi connectivity index (χ0n) is 12.1. The molecule has 0 aliphatic heterocycles. The Kier molecular flexibility index (Phi) is 3.97. The molecule has 0 unspecified atom stereocenters. The van der Waals surface area contributed by atoms with E-state index in [1.807, 2.05) is 6.07 Å². The Balaban J connectivity index is 1.77. The maximum atomic E-state index is 12.3. The molecule has 0 fully saturated rings. The molecule has 110 valence electrons. The van der Waals surface area contributed by atoms with Crippen LogP contribution in [0.2, 0.25) is 0 Å².